The van der Waals surface area contributed by atoms with Crippen LogP contribution in [0, 0.1) is 5.92 Å². The lowest BCUT2D eigenvalue weighted by atomic mass is 9.69. The molecule has 0 saturated heterocycles. The summed E-state index contributed by atoms with van der Waals surface area (Å²) in [5, 5.41) is 12.7. The molecule has 1 fully saturated rings. The lowest BCUT2D eigenvalue weighted by Crippen LogP contribution is -2.31. The summed E-state index contributed by atoms with van der Waals surface area (Å²) in [6.07, 6.45) is 3.60. The molecular weight excluding hydrogens is 322 g/mol. The average Bonchev–Trinajstić information content (AvgIpc) is 3.46. The first kappa shape index (κ1) is 17.1. The fourth-order valence-corrected chi connectivity index (χ4v) is 4.48. The van der Waals surface area contributed by atoms with Crippen LogP contribution >= 0.6 is 0 Å². The van der Waals surface area contributed by atoms with Crippen LogP contribution in [0.15, 0.2) is 42.5 Å². The van der Waals surface area contributed by atoms with E-state index in [2.05, 4.69) is 44.3 Å². The number of benzene rings is 2. The molecule has 1 aliphatic heterocycles. The van der Waals surface area contributed by atoms with Gasteiger partial charge in [0.1, 0.15) is 0 Å². The van der Waals surface area contributed by atoms with Gasteiger partial charge in [-0.15, -0.1) is 0 Å². The predicted molar refractivity (Wildman–Crippen MR) is 105 cm³/mol. The number of aromatic carboxylic acids is 1. The van der Waals surface area contributed by atoms with Crippen molar-refractivity contribution in [1.29, 1.82) is 0 Å². The quantitative estimate of drug-likeness (QED) is 0.798. The zero-order valence-electron chi connectivity index (χ0n) is 15.8. The van der Waals surface area contributed by atoms with Gasteiger partial charge in [0.05, 0.1) is 5.56 Å². The maximum atomic E-state index is 11.2. The molecule has 3 heteroatoms. The number of rotatable bonds is 4. The molecule has 2 aromatic carbocycles. The summed E-state index contributed by atoms with van der Waals surface area (Å²) in [7, 11) is 0. The van der Waals surface area contributed by atoms with Crippen molar-refractivity contribution in [2.75, 3.05) is 11.9 Å². The zero-order valence-corrected chi connectivity index (χ0v) is 15.8. The molecule has 2 aliphatic rings. The topological polar surface area (TPSA) is 49.3 Å². The Bertz CT molecular complexity index is 849. The van der Waals surface area contributed by atoms with E-state index in [1.165, 1.54) is 35.2 Å². The van der Waals surface area contributed by atoms with Gasteiger partial charge in [0.15, 0.2) is 0 Å². The van der Waals surface area contributed by atoms with E-state index in [4.69, 9.17) is 0 Å². The van der Waals surface area contributed by atoms with Gasteiger partial charge in [0, 0.05) is 17.6 Å². The predicted octanol–water partition coefficient (Wildman–Crippen LogP) is 5.19. The Kier molecular flexibility index (Phi) is 3.87. The lowest BCUT2D eigenvalue weighted by molar-refractivity contribution is 0.0697. The zero-order chi connectivity index (χ0) is 18.5. The Labute approximate surface area is 155 Å². The molecule has 4 rings (SSSR count). The van der Waals surface area contributed by atoms with Crippen LogP contribution in [0.4, 0.5) is 5.69 Å². The average molecular weight is 349 g/mol. The molecule has 1 aliphatic carbocycles. The van der Waals surface area contributed by atoms with E-state index in [-0.39, 0.29) is 10.8 Å². The molecule has 1 atom stereocenters. The molecule has 2 N–H and O–H groups in total. The third kappa shape index (κ3) is 2.70. The number of hydrogen-bond acceptors (Lipinski definition) is 2. The number of nitrogens with one attached hydrogen (secondary N) is 1. The molecule has 2 aromatic rings. The van der Waals surface area contributed by atoms with E-state index in [9.17, 15) is 9.90 Å². The normalized spacial score (nSPS) is 20.6. The van der Waals surface area contributed by atoms with Crippen molar-refractivity contribution in [1.82, 2.24) is 0 Å². The molecule has 3 nitrogen and oxygen atoms in total. The van der Waals surface area contributed by atoms with E-state index < -0.39 is 5.97 Å². The van der Waals surface area contributed by atoms with Crippen molar-refractivity contribution in [2.24, 2.45) is 5.92 Å². The second-order valence-electron chi connectivity index (χ2n) is 8.68. The molecule has 0 aromatic heterocycles. The monoisotopic (exact) mass is 349 g/mol. The highest BCUT2D eigenvalue weighted by atomic mass is 16.4. The summed E-state index contributed by atoms with van der Waals surface area (Å²) in [4.78, 5) is 11.2. The van der Waals surface area contributed by atoms with Gasteiger partial charge in [0.25, 0.3) is 0 Å². The Balaban J connectivity index is 1.81. The van der Waals surface area contributed by atoms with Gasteiger partial charge in [-0.3, -0.25) is 0 Å². The minimum absolute atomic E-state index is 0.0699. The fourth-order valence-electron chi connectivity index (χ4n) is 4.48. The first-order valence-corrected chi connectivity index (χ1v) is 9.55. The summed E-state index contributed by atoms with van der Waals surface area (Å²) in [6.45, 7) is 8.00. The number of carboxylic acids is 1. The first-order chi connectivity index (χ1) is 12.3. The Hall–Kier alpha value is -2.29. The Morgan fingerprint density at radius 3 is 2.38 bits per heavy atom. The number of hydrogen-bond donors (Lipinski definition) is 2. The third-order valence-corrected chi connectivity index (χ3v) is 6.54. The van der Waals surface area contributed by atoms with Crippen LogP contribution in [0.2, 0.25) is 0 Å². The first-order valence-electron chi connectivity index (χ1n) is 9.55. The molecule has 26 heavy (non-hydrogen) atoms. The highest BCUT2D eigenvalue weighted by Gasteiger charge is 2.44. The molecule has 1 heterocycles. The van der Waals surface area contributed by atoms with Gasteiger partial charge < -0.3 is 10.4 Å². The Morgan fingerprint density at radius 1 is 1.12 bits per heavy atom. The minimum Gasteiger partial charge on any atom is -0.478 e. The van der Waals surface area contributed by atoms with Crippen LogP contribution in [-0.4, -0.2) is 17.6 Å². The summed E-state index contributed by atoms with van der Waals surface area (Å²) < 4.78 is 0. The van der Waals surface area contributed by atoms with Crippen LogP contribution in [0.5, 0.6) is 0 Å². The van der Waals surface area contributed by atoms with Gasteiger partial charge in [-0.2, -0.15) is 0 Å². The molecule has 1 unspecified atom stereocenters. The fraction of sp³-hybridized carbons (Fsp3) is 0.435. The number of carboxylic acid groups (broad SMARTS) is 1. The molecule has 0 bridgehead atoms. The van der Waals surface area contributed by atoms with Gasteiger partial charge in [-0.25, -0.2) is 4.79 Å². The van der Waals surface area contributed by atoms with E-state index in [1.807, 2.05) is 12.1 Å². The Morgan fingerprint density at radius 2 is 1.77 bits per heavy atom. The standard InChI is InChI=1S/C23H27NO2/c1-22(2)12-13-24-20-11-10-18(14-19(20)22)23(3,17-8-9-17)16-6-4-15(5-7-16)21(25)26/h4-7,10-11,14,17,24H,8-9,12-13H2,1-3H3,(H,25,26). The van der Waals surface area contributed by atoms with Gasteiger partial charge in [-0.05, 0) is 65.5 Å². The summed E-state index contributed by atoms with van der Waals surface area (Å²) in [6, 6.07) is 14.4. The van der Waals surface area contributed by atoms with E-state index >= 15 is 0 Å². The lowest BCUT2D eigenvalue weighted by Gasteiger charge is -2.37. The maximum Gasteiger partial charge on any atom is 0.335 e. The van der Waals surface area contributed by atoms with E-state index in [1.54, 1.807) is 12.1 Å². The van der Waals surface area contributed by atoms with Crippen LogP contribution in [-0.2, 0) is 10.8 Å². The molecule has 1 saturated carbocycles. The van der Waals surface area contributed by atoms with Crippen LogP contribution in [0.25, 0.3) is 0 Å². The summed E-state index contributed by atoms with van der Waals surface area (Å²) in [5.74, 6) is -0.248. The number of anilines is 1. The summed E-state index contributed by atoms with van der Waals surface area (Å²) in [5.41, 5.74) is 5.67. The van der Waals surface area contributed by atoms with E-state index in [0.29, 0.717) is 11.5 Å². The van der Waals surface area contributed by atoms with Crippen molar-refractivity contribution < 1.29 is 9.90 Å². The smallest absolute Gasteiger partial charge is 0.335 e. The van der Waals surface area contributed by atoms with Crippen molar-refractivity contribution in [2.45, 2.75) is 50.9 Å². The maximum absolute atomic E-state index is 11.2. The second kappa shape index (κ2) is 5.87. The minimum atomic E-state index is -0.869. The SMILES string of the molecule is CC1(C)CCNc2ccc(C(C)(c3ccc(C(=O)O)cc3)C3CC3)cc21. The van der Waals surface area contributed by atoms with Crippen molar-refractivity contribution in [3.05, 3.63) is 64.7 Å². The highest BCUT2D eigenvalue weighted by molar-refractivity contribution is 5.87. The third-order valence-electron chi connectivity index (χ3n) is 6.54. The van der Waals surface area contributed by atoms with Gasteiger partial charge in [0.2, 0.25) is 0 Å². The van der Waals surface area contributed by atoms with Crippen molar-refractivity contribution in [3.8, 4) is 0 Å². The molecule has 136 valence electrons. The number of fused-ring (bicyclic) bond motifs is 1. The van der Waals surface area contributed by atoms with Crippen molar-refractivity contribution in [3.63, 3.8) is 0 Å². The molecule has 0 radical (unpaired) electrons. The second-order valence-corrected chi connectivity index (χ2v) is 8.68. The molecule has 0 spiro atoms. The largest absolute Gasteiger partial charge is 0.478 e. The summed E-state index contributed by atoms with van der Waals surface area (Å²) >= 11 is 0. The van der Waals surface area contributed by atoms with Gasteiger partial charge in [-0.1, -0.05) is 45.0 Å². The van der Waals surface area contributed by atoms with Crippen LogP contribution < -0.4 is 5.32 Å². The molecular formula is C23H27NO2. The van der Waals surface area contributed by atoms with E-state index in [0.717, 1.165) is 13.0 Å². The van der Waals surface area contributed by atoms with Crippen LogP contribution in [0.1, 0.15) is 67.1 Å². The van der Waals surface area contributed by atoms with Crippen molar-refractivity contribution >= 4 is 11.7 Å². The number of carbonyl (C=O) groups is 1. The van der Waals surface area contributed by atoms with Crippen LogP contribution in [0.3, 0.4) is 0 Å². The molecule has 0 amide bonds. The highest BCUT2D eigenvalue weighted by Crippen LogP contribution is 2.52. The van der Waals surface area contributed by atoms with Gasteiger partial charge >= 0.3 is 5.97 Å².